The monoisotopic (exact) mass is 254 g/mol. The zero-order valence-corrected chi connectivity index (χ0v) is 10.8. The second kappa shape index (κ2) is 7.39. The van der Waals surface area contributed by atoms with E-state index >= 15 is 0 Å². The Bertz CT molecular complexity index is 373. The van der Waals surface area contributed by atoms with Gasteiger partial charge in [0.05, 0.1) is 27.2 Å². The smallest absolute Gasteiger partial charge is 0.237 e. The summed E-state index contributed by atoms with van der Waals surface area (Å²) in [5, 5.41) is 0. The van der Waals surface area contributed by atoms with E-state index in [0.29, 0.717) is 17.2 Å². The number of rotatable bonds is 7. The van der Waals surface area contributed by atoms with Crippen molar-refractivity contribution in [2.75, 3.05) is 27.9 Å². The fraction of sp³-hybridized carbons (Fsp3) is 0.417. The summed E-state index contributed by atoms with van der Waals surface area (Å²) < 4.78 is 15.7. The number of methoxy groups -OCH3 is 2. The van der Waals surface area contributed by atoms with E-state index in [1.807, 2.05) is 0 Å². The van der Waals surface area contributed by atoms with Crippen molar-refractivity contribution >= 4 is 5.91 Å². The van der Waals surface area contributed by atoms with E-state index in [-0.39, 0.29) is 18.9 Å². The second-order valence-corrected chi connectivity index (χ2v) is 3.45. The van der Waals surface area contributed by atoms with Crippen molar-refractivity contribution in [3.63, 3.8) is 0 Å². The van der Waals surface area contributed by atoms with Crippen LogP contribution in [0.1, 0.15) is 6.42 Å². The van der Waals surface area contributed by atoms with E-state index in [1.54, 1.807) is 39.5 Å². The van der Waals surface area contributed by atoms with E-state index in [4.69, 9.17) is 14.2 Å². The van der Waals surface area contributed by atoms with Crippen LogP contribution in [0.5, 0.6) is 17.2 Å². The molecular formula is C12H18N2O4. The lowest BCUT2D eigenvalue weighted by Gasteiger charge is -2.10. The third-order valence-electron chi connectivity index (χ3n) is 2.19. The Hall–Kier alpha value is -1.95. The topological polar surface area (TPSA) is 68.8 Å². The van der Waals surface area contributed by atoms with Crippen LogP contribution in [0.2, 0.25) is 0 Å². The first-order valence-corrected chi connectivity index (χ1v) is 5.51. The van der Waals surface area contributed by atoms with Gasteiger partial charge in [-0.1, -0.05) is 0 Å². The molecule has 0 heterocycles. The van der Waals surface area contributed by atoms with Crippen molar-refractivity contribution in [1.29, 1.82) is 0 Å². The number of benzene rings is 1. The van der Waals surface area contributed by atoms with Crippen LogP contribution >= 0.6 is 0 Å². The summed E-state index contributed by atoms with van der Waals surface area (Å²) in [7, 11) is 4.77. The van der Waals surface area contributed by atoms with E-state index in [0.717, 1.165) is 0 Å². The number of hydrogen-bond acceptors (Lipinski definition) is 5. The molecule has 0 radical (unpaired) electrons. The van der Waals surface area contributed by atoms with Crippen molar-refractivity contribution in [2.45, 2.75) is 6.42 Å². The van der Waals surface area contributed by atoms with Crippen molar-refractivity contribution in [2.24, 2.45) is 0 Å². The number of carbonyl (C=O) groups is 1. The highest BCUT2D eigenvalue weighted by Gasteiger charge is 2.04. The number of ether oxygens (including phenoxy) is 3. The zero-order chi connectivity index (χ0) is 13.4. The Labute approximate surface area is 106 Å². The molecule has 0 unspecified atom stereocenters. The van der Waals surface area contributed by atoms with Gasteiger partial charge >= 0.3 is 0 Å². The molecule has 0 atom stereocenters. The third kappa shape index (κ3) is 4.50. The molecule has 100 valence electrons. The Balaban J connectivity index is 2.53. The van der Waals surface area contributed by atoms with E-state index in [9.17, 15) is 4.79 Å². The summed E-state index contributed by atoms with van der Waals surface area (Å²) in [5.41, 5.74) is 5.02. The summed E-state index contributed by atoms with van der Waals surface area (Å²) in [6.07, 6.45) is 0.264. The first kappa shape index (κ1) is 14.1. The lowest BCUT2D eigenvalue weighted by molar-refractivity contribution is -0.122. The second-order valence-electron chi connectivity index (χ2n) is 3.45. The van der Waals surface area contributed by atoms with Gasteiger partial charge in [0, 0.05) is 25.2 Å². The highest BCUT2D eigenvalue weighted by molar-refractivity contribution is 5.75. The molecule has 0 aliphatic carbocycles. The SMILES string of the molecule is CNNC(=O)CCOc1cc(OC)cc(OC)c1. The van der Waals surface area contributed by atoms with Gasteiger partial charge in [0.1, 0.15) is 17.2 Å². The molecular weight excluding hydrogens is 236 g/mol. The van der Waals surface area contributed by atoms with E-state index < -0.39 is 0 Å². The van der Waals surface area contributed by atoms with E-state index in [2.05, 4.69) is 10.9 Å². The number of hydrogen-bond donors (Lipinski definition) is 2. The van der Waals surface area contributed by atoms with Crippen LogP contribution in [0.15, 0.2) is 18.2 Å². The predicted molar refractivity (Wildman–Crippen MR) is 66.9 cm³/mol. The molecule has 1 aromatic rings. The first-order valence-electron chi connectivity index (χ1n) is 5.51. The van der Waals surface area contributed by atoms with Gasteiger partial charge in [-0.2, -0.15) is 0 Å². The molecule has 18 heavy (non-hydrogen) atoms. The molecule has 1 rings (SSSR count). The first-order chi connectivity index (χ1) is 8.69. The Kier molecular flexibility index (Phi) is 5.79. The number of amides is 1. The quantitative estimate of drug-likeness (QED) is 0.702. The van der Waals surface area contributed by atoms with Gasteiger partial charge in [-0.15, -0.1) is 0 Å². The van der Waals surface area contributed by atoms with Crippen LogP contribution in [0.4, 0.5) is 0 Å². The molecule has 2 N–H and O–H groups in total. The molecule has 0 spiro atoms. The number of carbonyl (C=O) groups excluding carboxylic acids is 1. The number of hydrazine groups is 1. The Morgan fingerprint density at radius 2 is 1.67 bits per heavy atom. The molecule has 6 nitrogen and oxygen atoms in total. The summed E-state index contributed by atoms with van der Waals surface area (Å²) >= 11 is 0. The third-order valence-corrected chi connectivity index (χ3v) is 2.19. The molecule has 0 aromatic heterocycles. The van der Waals surface area contributed by atoms with Crippen LogP contribution in [0, 0.1) is 0 Å². The molecule has 0 fully saturated rings. The lowest BCUT2D eigenvalue weighted by Crippen LogP contribution is -2.34. The minimum Gasteiger partial charge on any atom is -0.496 e. The highest BCUT2D eigenvalue weighted by Crippen LogP contribution is 2.27. The maximum absolute atomic E-state index is 11.2. The molecule has 1 aromatic carbocycles. The Morgan fingerprint density at radius 3 is 2.17 bits per heavy atom. The molecule has 0 saturated heterocycles. The van der Waals surface area contributed by atoms with Gasteiger partial charge in [-0.3, -0.25) is 10.2 Å². The average Bonchev–Trinajstić information content (AvgIpc) is 2.38. The number of nitrogens with one attached hydrogen (secondary N) is 2. The summed E-state index contributed by atoms with van der Waals surface area (Å²) in [5.74, 6) is 1.75. The van der Waals surface area contributed by atoms with Gasteiger partial charge in [0.15, 0.2) is 0 Å². The highest BCUT2D eigenvalue weighted by atomic mass is 16.5. The minimum atomic E-state index is -0.132. The normalized spacial score (nSPS) is 9.72. The van der Waals surface area contributed by atoms with Gasteiger partial charge in [0.25, 0.3) is 0 Å². The van der Waals surface area contributed by atoms with Crippen molar-refractivity contribution < 1.29 is 19.0 Å². The molecule has 1 amide bonds. The van der Waals surface area contributed by atoms with Gasteiger partial charge in [-0.05, 0) is 0 Å². The van der Waals surface area contributed by atoms with Gasteiger partial charge < -0.3 is 14.2 Å². The van der Waals surface area contributed by atoms with Crippen molar-refractivity contribution in [1.82, 2.24) is 10.9 Å². The van der Waals surface area contributed by atoms with E-state index in [1.165, 1.54) is 0 Å². The minimum absolute atomic E-state index is 0.132. The summed E-state index contributed by atoms with van der Waals surface area (Å²) in [6.45, 7) is 0.282. The molecule has 0 saturated carbocycles. The molecule has 6 heteroatoms. The van der Waals surface area contributed by atoms with Gasteiger partial charge in [-0.25, -0.2) is 5.43 Å². The van der Waals surface area contributed by atoms with Crippen molar-refractivity contribution in [3.8, 4) is 17.2 Å². The van der Waals surface area contributed by atoms with Crippen molar-refractivity contribution in [3.05, 3.63) is 18.2 Å². The summed E-state index contributed by atoms with van der Waals surface area (Å²) in [6, 6.07) is 5.22. The molecule has 0 aliphatic heterocycles. The fourth-order valence-electron chi connectivity index (χ4n) is 1.33. The van der Waals surface area contributed by atoms with Crippen LogP contribution in [0.25, 0.3) is 0 Å². The maximum Gasteiger partial charge on any atom is 0.237 e. The zero-order valence-electron chi connectivity index (χ0n) is 10.8. The average molecular weight is 254 g/mol. The lowest BCUT2D eigenvalue weighted by atomic mass is 10.3. The molecule has 0 aliphatic rings. The van der Waals surface area contributed by atoms with Crippen LogP contribution in [0.3, 0.4) is 0 Å². The van der Waals surface area contributed by atoms with Crippen LogP contribution in [-0.4, -0.2) is 33.8 Å². The predicted octanol–water partition coefficient (Wildman–Crippen LogP) is 0.723. The van der Waals surface area contributed by atoms with Crippen LogP contribution in [-0.2, 0) is 4.79 Å². The largest absolute Gasteiger partial charge is 0.496 e. The summed E-state index contributed by atoms with van der Waals surface area (Å²) in [4.78, 5) is 11.2. The standard InChI is InChI=1S/C12H18N2O4/c1-13-14-12(15)4-5-18-11-7-9(16-2)6-10(8-11)17-3/h6-8,13H,4-5H2,1-3H3,(H,14,15). The fourth-order valence-corrected chi connectivity index (χ4v) is 1.33. The Morgan fingerprint density at radius 1 is 1.11 bits per heavy atom. The van der Waals surface area contributed by atoms with Crippen LogP contribution < -0.4 is 25.1 Å². The maximum atomic E-state index is 11.2. The van der Waals surface area contributed by atoms with Gasteiger partial charge in [0.2, 0.25) is 5.91 Å². The molecule has 0 bridgehead atoms.